The number of rotatable bonds is 1. The second kappa shape index (κ2) is 5.01. The summed E-state index contributed by atoms with van der Waals surface area (Å²) in [5.41, 5.74) is 0.678. The number of imide groups is 1. The van der Waals surface area contributed by atoms with Crippen LogP contribution >= 0.6 is 38.5 Å². The summed E-state index contributed by atoms with van der Waals surface area (Å²) in [5, 5.41) is 0. The normalized spacial score (nSPS) is 25.9. The quantitative estimate of drug-likeness (QED) is 0.387. The highest BCUT2D eigenvalue weighted by Crippen LogP contribution is 2.38. The molecule has 0 radical (unpaired) electrons. The molecule has 2 amide bonds. The van der Waals surface area contributed by atoms with Gasteiger partial charge in [-0.15, -0.1) is 0 Å². The van der Waals surface area contributed by atoms with E-state index in [-0.39, 0.29) is 23.7 Å². The summed E-state index contributed by atoms with van der Waals surface area (Å²) < 4.78 is 1.96. The van der Waals surface area contributed by atoms with Crippen molar-refractivity contribution in [1.82, 2.24) is 0 Å². The Kier molecular flexibility index (Phi) is 3.51. The van der Waals surface area contributed by atoms with E-state index >= 15 is 0 Å². The molecule has 1 saturated heterocycles. The molecule has 5 heteroatoms. The zero-order chi connectivity index (χ0) is 13.6. The third kappa shape index (κ3) is 2.16. The topological polar surface area (TPSA) is 37.4 Å². The van der Waals surface area contributed by atoms with Crippen LogP contribution in [0.25, 0.3) is 0 Å². The van der Waals surface area contributed by atoms with Crippen molar-refractivity contribution in [3.8, 4) is 0 Å². The summed E-state index contributed by atoms with van der Waals surface area (Å²) in [6.07, 6.45) is 5.36. The molecule has 2 atom stereocenters. The fraction of sp³-hybridized carbons (Fsp3) is 0.286. The minimum atomic E-state index is -0.168. The lowest BCUT2D eigenvalue weighted by atomic mass is 9.85. The fourth-order valence-corrected chi connectivity index (χ4v) is 3.42. The van der Waals surface area contributed by atoms with Crippen LogP contribution < -0.4 is 4.90 Å². The third-order valence-electron chi connectivity index (χ3n) is 3.67. The van der Waals surface area contributed by atoms with Gasteiger partial charge in [-0.05, 0) is 69.6 Å². The van der Waals surface area contributed by atoms with Gasteiger partial charge >= 0.3 is 0 Å². The second-order valence-corrected chi connectivity index (χ2v) is 6.78. The molecule has 0 aromatic heterocycles. The van der Waals surface area contributed by atoms with Gasteiger partial charge in [0.1, 0.15) is 0 Å². The summed E-state index contributed by atoms with van der Waals surface area (Å²) in [5.74, 6) is -0.451. The first-order valence-electron chi connectivity index (χ1n) is 6.07. The minimum absolute atomic E-state index is 0.0579. The monoisotopic (exact) mass is 431 g/mol. The Hall–Kier alpha value is -0.690. The molecule has 19 heavy (non-hydrogen) atoms. The van der Waals surface area contributed by atoms with Crippen LogP contribution in [0.4, 0.5) is 5.69 Å². The molecule has 1 aromatic rings. The molecular formula is C14H11BrINO2. The minimum Gasteiger partial charge on any atom is -0.274 e. The Morgan fingerprint density at radius 1 is 1.11 bits per heavy atom. The zero-order valence-corrected chi connectivity index (χ0v) is 13.7. The first-order chi connectivity index (χ1) is 9.09. The van der Waals surface area contributed by atoms with Gasteiger partial charge < -0.3 is 0 Å². The predicted molar refractivity (Wildman–Crippen MR) is 84.7 cm³/mol. The zero-order valence-electron chi connectivity index (χ0n) is 9.98. The number of fused-ring (bicyclic) bond motifs is 1. The summed E-state index contributed by atoms with van der Waals surface area (Å²) in [7, 11) is 0. The Morgan fingerprint density at radius 2 is 1.68 bits per heavy atom. The lowest BCUT2D eigenvalue weighted by Crippen LogP contribution is -2.30. The Balaban J connectivity index is 1.99. The van der Waals surface area contributed by atoms with Gasteiger partial charge in [0.05, 0.1) is 17.5 Å². The molecule has 0 bridgehead atoms. The summed E-state index contributed by atoms with van der Waals surface area (Å²) in [6, 6.07) is 5.55. The van der Waals surface area contributed by atoms with Crippen molar-refractivity contribution < 1.29 is 9.59 Å². The number of benzene rings is 1. The molecule has 1 aromatic carbocycles. The van der Waals surface area contributed by atoms with Crippen molar-refractivity contribution in [3.05, 3.63) is 38.4 Å². The number of allylic oxidation sites excluding steroid dienone is 2. The van der Waals surface area contributed by atoms with Gasteiger partial charge in [0, 0.05) is 8.04 Å². The number of carbonyl (C=O) groups is 2. The molecule has 0 saturated carbocycles. The van der Waals surface area contributed by atoms with Crippen LogP contribution in [0.1, 0.15) is 12.8 Å². The average molecular weight is 432 g/mol. The first-order valence-corrected chi connectivity index (χ1v) is 7.94. The fourth-order valence-electron chi connectivity index (χ4n) is 2.68. The SMILES string of the molecule is O=C1C2CC=CCC2C(=O)N1c1ccc(Br)c(I)c1. The van der Waals surface area contributed by atoms with Crippen LogP contribution in [-0.4, -0.2) is 11.8 Å². The van der Waals surface area contributed by atoms with E-state index in [1.54, 1.807) is 0 Å². The summed E-state index contributed by atoms with van der Waals surface area (Å²) >= 11 is 5.61. The number of hydrogen-bond donors (Lipinski definition) is 0. The van der Waals surface area contributed by atoms with E-state index in [1.807, 2.05) is 30.4 Å². The molecule has 0 spiro atoms. The maximum absolute atomic E-state index is 12.4. The molecule has 1 fully saturated rings. The van der Waals surface area contributed by atoms with Gasteiger partial charge in [-0.25, -0.2) is 4.90 Å². The Labute approximate surface area is 133 Å². The highest BCUT2D eigenvalue weighted by molar-refractivity contribution is 14.1. The maximum atomic E-state index is 12.4. The number of anilines is 1. The van der Waals surface area contributed by atoms with E-state index in [2.05, 4.69) is 38.5 Å². The van der Waals surface area contributed by atoms with Crippen molar-refractivity contribution in [1.29, 1.82) is 0 Å². The van der Waals surface area contributed by atoms with E-state index in [9.17, 15) is 9.59 Å². The number of hydrogen-bond acceptors (Lipinski definition) is 2. The van der Waals surface area contributed by atoms with Crippen LogP contribution in [0.15, 0.2) is 34.8 Å². The molecule has 3 rings (SSSR count). The standard InChI is InChI=1S/C14H11BrINO2/c15-11-6-5-8(7-12(11)16)17-13(18)9-3-1-2-4-10(9)14(17)19/h1-2,5-7,9-10H,3-4H2. The molecule has 1 heterocycles. The van der Waals surface area contributed by atoms with Gasteiger partial charge in [0.15, 0.2) is 0 Å². The Bertz CT molecular complexity index is 573. The molecular weight excluding hydrogens is 421 g/mol. The van der Waals surface area contributed by atoms with Gasteiger partial charge in [0.25, 0.3) is 0 Å². The molecule has 2 aliphatic rings. The van der Waals surface area contributed by atoms with Gasteiger partial charge in [-0.1, -0.05) is 12.2 Å². The molecule has 2 unspecified atom stereocenters. The first kappa shape index (κ1) is 13.3. The summed E-state index contributed by atoms with van der Waals surface area (Å²) in [4.78, 5) is 26.2. The van der Waals surface area contributed by atoms with Crippen molar-refractivity contribution in [2.75, 3.05) is 4.90 Å². The highest BCUT2D eigenvalue weighted by Gasteiger charge is 2.47. The highest BCUT2D eigenvalue weighted by atomic mass is 127. The smallest absolute Gasteiger partial charge is 0.238 e. The van der Waals surface area contributed by atoms with Crippen molar-refractivity contribution in [2.24, 2.45) is 11.8 Å². The van der Waals surface area contributed by atoms with E-state index in [0.29, 0.717) is 18.5 Å². The van der Waals surface area contributed by atoms with E-state index in [0.717, 1.165) is 8.04 Å². The average Bonchev–Trinajstić information content (AvgIpc) is 2.66. The molecule has 0 N–H and O–H groups in total. The molecule has 1 aliphatic carbocycles. The van der Waals surface area contributed by atoms with Crippen molar-refractivity contribution in [3.63, 3.8) is 0 Å². The van der Waals surface area contributed by atoms with Crippen LogP contribution in [0, 0.1) is 15.4 Å². The number of halogens is 2. The summed E-state index contributed by atoms with van der Waals surface area (Å²) in [6.45, 7) is 0. The maximum Gasteiger partial charge on any atom is 0.238 e. The van der Waals surface area contributed by atoms with E-state index in [1.165, 1.54) is 4.90 Å². The molecule has 3 nitrogen and oxygen atoms in total. The Morgan fingerprint density at radius 3 is 2.21 bits per heavy atom. The van der Waals surface area contributed by atoms with Crippen LogP contribution in [0.3, 0.4) is 0 Å². The molecule has 1 aliphatic heterocycles. The van der Waals surface area contributed by atoms with Gasteiger partial charge in [0.2, 0.25) is 11.8 Å². The lowest BCUT2D eigenvalue weighted by molar-refractivity contribution is -0.122. The predicted octanol–water partition coefficient (Wildman–Crippen LogP) is 3.51. The van der Waals surface area contributed by atoms with Crippen molar-refractivity contribution in [2.45, 2.75) is 12.8 Å². The van der Waals surface area contributed by atoms with Crippen LogP contribution in [0.2, 0.25) is 0 Å². The lowest BCUT2D eigenvalue weighted by Gasteiger charge is -2.15. The number of carbonyl (C=O) groups excluding carboxylic acids is 2. The number of amides is 2. The molecule has 98 valence electrons. The van der Waals surface area contributed by atoms with Crippen LogP contribution in [-0.2, 0) is 9.59 Å². The van der Waals surface area contributed by atoms with E-state index in [4.69, 9.17) is 0 Å². The van der Waals surface area contributed by atoms with Gasteiger partial charge in [-0.2, -0.15) is 0 Å². The second-order valence-electron chi connectivity index (χ2n) is 4.77. The number of nitrogens with zero attached hydrogens (tertiary/aromatic N) is 1. The van der Waals surface area contributed by atoms with E-state index < -0.39 is 0 Å². The van der Waals surface area contributed by atoms with Gasteiger partial charge in [-0.3, -0.25) is 9.59 Å². The largest absolute Gasteiger partial charge is 0.274 e. The third-order valence-corrected chi connectivity index (χ3v) is 5.99. The van der Waals surface area contributed by atoms with Crippen molar-refractivity contribution >= 4 is 56.0 Å². The van der Waals surface area contributed by atoms with Crippen LogP contribution in [0.5, 0.6) is 0 Å².